The van der Waals surface area contributed by atoms with Crippen molar-refractivity contribution >= 4 is 23.2 Å². The molecular formula is C17H18Cl2N2. The van der Waals surface area contributed by atoms with Gasteiger partial charge in [0.05, 0.1) is 0 Å². The number of halogens is 2. The first kappa shape index (κ1) is 14.9. The van der Waals surface area contributed by atoms with Crippen molar-refractivity contribution in [2.24, 2.45) is 0 Å². The van der Waals surface area contributed by atoms with Gasteiger partial charge in [0.15, 0.2) is 0 Å². The molecule has 0 saturated carbocycles. The maximum absolute atomic E-state index is 6.37. The predicted molar refractivity (Wildman–Crippen MR) is 90.0 cm³/mol. The van der Waals surface area contributed by atoms with Gasteiger partial charge in [-0.15, -0.1) is 0 Å². The molecule has 0 unspecified atom stereocenters. The quantitative estimate of drug-likeness (QED) is 0.917. The minimum absolute atomic E-state index is 0.670. The number of hydrogen-bond acceptors (Lipinski definition) is 2. The lowest BCUT2D eigenvalue weighted by Crippen LogP contribution is -2.42. The third kappa shape index (κ3) is 3.58. The molecule has 2 aromatic rings. The second-order valence-electron chi connectivity index (χ2n) is 5.31. The molecule has 2 nitrogen and oxygen atoms in total. The summed E-state index contributed by atoms with van der Waals surface area (Å²) in [6.07, 6.45) is 0. The van der Waals surface area contributed by atoms with Crippen molar-refractivity contribution in [3.8, 4) is 11.1 Å². The van der Waals surface area contributed by atoms with E-state index in [-0.39, 0.29) is 0 Å². The zero-order chi connectivity index (χ0) is 14.7. The van der Waals surface area contributed by atoms with E-state index < -0.39 is 0 Å². The number of rotatable bonds is 3. The van der Waals surface area contributed by atoms with E-state index in [1.807, 2.05) is 12.1 Å². The highest BCUT2D eigenvalue weighted by Gasteiger charge is 2.14. The first-order chi connectivity index (χ1) is 10.2. The van der Waals surface area contributed by atoms with Crippen LogP contribution in [0.25, 0.3) is 11.1 Å². The van der Waals surface area contributed by atoms with Crippen molar-refractivity contribution in [3.05, 3.63) is 58.1 Å². The monoisotopic (exact) mass is 320 g/mol. The maximum Gasteiger partial charge on any atom is 0.0499 e. The molecule has 1 saturated heterocycles. The van der Waals surface area contributed by atoms with E-state index in [1.54, 1.807) is 6.07 Å². The van der Waals surface area contributed by atoms with Crippen LogP contribution in [0.15, 0.2) is 42.5 Å². The summed E-state index contributed by atoms with van der Waals surface area (Å²) in [5, 5.41) is 4.76. The van der Waals surface area contributed by atoms with E-state index in [1.165, 1.54) is 11.1 Å². The summed E-state index contributed by atoms with van der Waals surface area (Å²) in [7, 11) is 0. The molecule has 1 aliphatic heterocycles. The highest BCUT2D eigenvalue weighted by Crippen LogP contribution is 2.33. The number of hydrogen-bond donors (Lipinski definition) is 1. The zero-order valence-electron chi connectivity index (χ0n) is 11.8. The van der Waals surface area contributed by atoms with Crippen molar-refractivity contribution in [1.82, 2.24) is 10.2 Å². The molecule has 1 fully saturated rings. The lowest BCUT2D eigenvalue weighted by Gasteiger charge is -2.28. The van der Waals surface area contributed by atoms with Crippen molar-refractivity contribution in [2.45, 2.75) is 6.54 Å². The number of nitrogens with one attached hydrogen (secondary N) is 1. The van der Waals surface area contributed by atoms with Crippen LogP contribution in [-0.2, 0) is 6.54 Å². The van der Waals surface area contributed by atoms with Gasteiger partial charge in [0.2, 0.25) is 0 Å². The maximum atomic E-state index is 6.37. The van der Waals surface area contributed by atoms with E-state index in [0.717, 1.165) is 38.3 Å². The smallest absolute Gasteiger partial charge is 0.0499 e. The van der Waals surface area contributed by atoms with E-state index in [2.05, 4.69) is 34.5 Å². The van der Waals surface area contributed by atoms with E-state index in [9.17, 15) is 0 Å². The van der Waals surface area contributed by atoms with Crippen LogP contribution in [0.1, 0.15) is 5.56 Å². The van der Waals surface area contributed by atoms with Gasteiger partial charge in [-0.1, -0.05) is 53.5 Å². The second-order valence-corrected chi connectivity index (χ2v) is 6.15. The fourth-order valence-corrected chi connectivity index (χ4v) is 3.25. The Morgan fingerprint density at radius 3 is 2.48 bits per heavy atom. The molecule has 0 aliphatic carbocycles. The summed E-state index contributed by atoms with van der Waals surface area (Å²) in [5.41, 5.74) is 3.55. The van der Waals surface area contributed by atoms with Crippen LogP contribution in [0.3, 0.4) is 0 Å². The van der Waals surface area contributed by atoms with Gasteiger partial charge >= 0.3 is 0 Å². The summed E-state index contributed by atoms with van der Waals surface area (Å²) in [5.74, 6) is 0. The zero-order valence-corrected chi connectivity index (χ0v) is 13.3. The first-order valence-corrected chi connectivity index (χ1v) is 7.96. The van der Waals surface area contributed by atoms with Gasteiger partial charge in [0.1, 0.15) is 0 Å². The van der Waals surface area contributed by atoms with Crippen molar-refractivity contribution < 1.29 is 0 Å². The Kier molecular flexibility index (Phi) is 4.81. The Labute approximate surface area is 135 Å². The fraction of sp³-hybridized carbons (Fsp3) is 0.294. The third-order valence-corrected chi connectivity index (χ3v) is 4.39. The van der Waals surface area contributed by atoms with Crippen molar-refractivity contribution in [2.75, 3.05) is 26.2 Å². The average molecular weight is 321 g/mol. The van der Waals surface area contributed by atoms with Crippen LogP contribution < -0.4 is 5.32 Å². The van der Waals surface area contributed by atoms with E-state index in [0.29, 0.717) is 10.0 Å². The Balaban J connectivity index is 1.91. The first-order valence-electron chi connectivity index (χ1n) is 7.20. The molecule has 0 atom stereocenters. The lowest BCUT2D eigenvalue weighted by molar-refractivity contribution is 0.233. The van der Waals surface area contributed by atoms with Crippen LogP contribution in [0.2, 0.25) is 10.0 Å². The summed E-state index contributed by atoms with van der Waals surface area (Å²) in [6.45, 7) is 5.25. The Morgan fingerprint density at radius 1 is 0.952 bits per heavy atom. The van der Waals surface area contributed by atoms with Crippen LogP contribution in [0, 0.1) is 0 Å². The molecule has 4 heteroatoms. The van der Waals surface area contributed by atoms with Gasteiger partial charge in [-0.05, 0) is 23.3 Å². The Hall–Kier alpha value is -1.06. The standard InChI is InChI=1S/C17H18Cl2N2/c18-14-5-6-16(17(19)11-14)15-4-2-1-3-13(15)12-21-9-7-20-8-10-21/h1-6,11,20H,7-10,12H2. The van der Waals surface area contributed by atoms with Gasteiger partial charge in [0, 0.05) is 48.3 Å². The molecule has 0 amide bonds. The highest BCUT2D eigenvalue weighted by molar-refractivity contribution is 6.36. The molecule has 0 bridgehead atoms. The number of benzene rings is 2. The van der Waals surface area contributed by atoms with Gasteiger partial charge in [0.25, 0.3) is 0 Å². The minimum atomic E-state index is 0.670. The van der Waals surface area contributed by atoms with Crippen molar-refractivity contribution in [3.63, 3.8) is 0 Å². The largest absolute Gasteiger partial charge is 0.314 e. The average Bonchev–Trinajstić information content (AvgIpc) is 2.49. The molecule has 21 heavy (non-hydrogen) atoms. The molecule has 110 valence electrons. The van der Waals surface area contributed by atoms with Gasteiger partial charge in [-0.25, -0.2) is 0 Å². The van der Waals surface area contributed by atoms with Crippen LogP contribution >= 0.6 is 23.2 Å². The molecule has 0 spiro atoms. The SMILES string of the molecule is Clc1ccc(-c2ccccc2CN2CCNCC2)c(Cl)c1. The van der Waals surface area contributed by atoms with Gasteiger partial charge in [-0.2, -0.15) is 0 Å². The molecule has 0 aromatic heterocycles. The molecule has 1 aliphatic rings. The molecular weight excluding hydrogens is 303 g/mol. The number of piperazine rings is 1. The Bertz CT molecular complexity index is 622. The summed E-state index contributed by atoms with van der Waals surface area (Å²) in [6, 6.07) is 14.2. The molecule has 1 heterocycles. The normalized spacial score (nSPS) is 16.1. The molecule has 0 radical (unpaired) electrons. The lowest BCUT2D eigenvalue weighted by atomic mass is 9.99. The van der Waals surface area contributed by atoms with Crippen LogP contribution in [-0.4, -0.2) is 31.1 Å². The van der Waals surface area contributed by atoms with Gasteiger partial charge < -0.3 is 5.32 Å². The molecule has 2 aromatic carbocycles. The van der Waals surface area contributed by atoms with Crippen LogP contribution in [0.5, 0.6) is 0 Å². The molecule has 1 N–H and O–H groups in total. The summed E-state index contributed by atoms with van der Waals surface area (Å²) >= 11 is 12.4. The topological polar surface area (TPSA) is 15.3 Å². The highest BCUT2D eigenvalue weighted by atomic mass is 35.5. The van der Waals surface area contributed by atoms with Crippen molar-refractivity contribution in [1.29, 1.82) is 0 Å². The summed E-state index contributed by atoms with van der Waals surface area (Å²) in [4.78, 5) is 2.47. The predicted octanol–water partition coefficient (Wildman–Crippen LogP) is 4.07. The fourth-order valence-electron chi connectivity index (χ4n) is 2.74. The number of nitrogens with zero attached hydrogens (tertiary/aromatic N) is 1. The van der Waals surface area contributed by atoms with E-state index >= 15 is 0 Å². The molecule has 3 rings (SSSR count). The van der Waals surface area contributed by atoms with Crippen LogP contribution in [0.4, 0.5) is 0 Å². The minimum Gasteiger partial charge on any atom is -0.314 e. The third-order valence-electron chi connectivity index (χ3n) is 3.84. The summed E-state index contributed by atoms with van der Waals surface area (Å²) < 4.78 is 0. The second kappa shape index (κ2) is 6.80. The Morgan fingerprint density at radius 2 is 1.71 bits per heavy atom. The van der Waals surface area contributed by atoms with E-state index in [4.69, 9.17) is 23.2 Å². The van der Waals surface area contributed by atoms with Gasteiger partial charge in [-0.3, -0.25) is 4.90 Å².